The number of fused-ring (bicyclic) bond motifs is 1. The van der Waals surface area contributed by atoms with Crippen LogP contribution in [0.4, 0.5) is 8.78 Å². The van der Waals surface area contributed by atoms with Gasteiger partial charge < -0.3 is 10.0 Å². The molecule has 1 heterocycles. The SMILES string of the molecule is O=C(Cc1ccc(F)cc1F)N1C[C@@H]2CCC[C@@]2(C(=O)O)C1. The van der Waals surface area contributed by atoms with Crippen molar-refractivity contribution in [2.45, 2.75) is 25.7 Å². The summed E-state index contributed by atoms with van der Waals surface area (Å²) in [5.74, 6) is -2.61. The van der Waals surface area contributed by atoms with E-state index in [1.54, 1.807) is 0 Å². The number of aliphatic carboxylic acids is 1. The van der Waals surface area contributed by atoms with Gasteiger partial charge in [0.25, 0.3) is 0 Å². The predicted molar refractivity (Wildman–Crippen MR) is 74.1 cm³/mol. The molecule has 1 aliphatic heterocycles. The number of carboxylic acid groups (broad SMARTS) is 1. The third kappa shape index (κ3) is 2.36. The van der Waals surface area contributed by atoms with E-state index in [-0.39, 0.29) is 30.4 Å². The first-order chi connectivity index (χ1) is 10.4. The second-order valence-electron chi connectivity index (χ2n) is 6.24. The summed E-state index contributed by atoms with van der Waals surface area (Å²) < 4.78 is 26.5. The fraction of sp³-hybridized carbons (Fsp3) is 0.500. The van der Waals surface area contributed by atoms with Gasteiger partial charge in [-0.05, 0) is 30.4 Å². The largest absolute Gasteiger partial charge is 0.481 e. The summed E-state index contributed by atoms with van der Waals surface area (Å²) in [7, 11) is 0. The van der Waals surface area contributed by atoms with Crippen molar-refractivity contribution in [3.8, 4) is 0 Å². The topological polar surface area (TPSA) is 57.6 Å². The quantitative estimate of drug-likeness (QED) is 0.931. The van der Waals surface area contributed by atoms with Crippen LogP contribution in [0.1, 0.15) is 24.8 Å². The summed E-state index contributed by atoms with van der Waals surface area (Å²) >= 11 is 0. The molecule has 118 valence electrons. The molecule has 1 aromatic rings. The molecular weight excluding hydrogens is 292 g/mol. The van der Waals surface area contributed by atoms with Crippen molar-refractivity contribution in [3.05, 3.63) is 35.4 Å². The van der Waals surface area contributed by atoms with Gasteiger partial charge in [0.15, 0.2) is 0 Å². The van der Waals surface area contributed by atoms with E-state index < -0.39 is 23.0 Å². The van der Waals surface area contributed by atoms with E-state index in [1.807, 2.05) is 0 Å². The summed E-state index contributed by atoms with van der Waals surface area (Å²) in [5, 5.41) is 9.50. The van der Waals surface area contributed by atoms with E-state index >= 15 is 0 Å². The Kier molecular flexibility index (Phi) is 3.62. The van der Waals surface area contributed by atoms with Gasteiger partial charge in [-0.1, -0.05) is 12.5 Å². The normalized spacial score (nSPS) is 27.0. The lowest BCUT2D eigenvalue weighted by Gasteiger charge is -2.23. The van der Waals surface area contributed by atoms with Crippen LogP contribution in [0.3, 0.4) is 0 Å². The van der Waals surface area contributed by atoms with Crippen LogP contribution in [0.5, 0.6) is 0 Å². The van der Waals surface area contributed by atoms with Gasteiger partial charge in [-0.2, -0.15) is 0 Å². The van der Waals surface area contributed by atoms with Crippen molar-refractivity contribution in [1.29, 1.82) is 0 Å². The minimum atomic E-state index is -0.849. The van der Waals surface area contributed by atoms with Crippen molar-refractivity contribution in [2.75, 3.05) is 13.1 Å². The molecule has 0 unspecified atom stereocenters. The molecule has 1 saturated heterocycles. The summed E-state index contributed by atoms with van der Waals surface area (Å²) in [5.41, 5.74) is -0.704. The van der Waals surface area contributed by atoms with Crippen LogP contribution in [0.15, 0.2) is 18.2 Å². The van der Waals surface area contributed by atoms with Crippen molar-refractivity contribution in [1.82, 2.24) is 4.90 Å². The molecule has 22 heavy (non-hydrogen) atoms. The number of carboxylic acids is 1. The number of halogens is 2. The van der Waals surface area contributed by atoms with Crippen LogP contribution in [-0.2, 0) is 16.0 Å². The average molecular weight is 309 g/mol. The lowest BCUT2D eigenvalue weighted by atomic mass is 9.81. The third-order valence-corrected chi connectivity index (χ3v) is 5.01. The second kappa shape index (κ2) is 5.34. The first kappa shape index (κ1) is 14.9. The van der Waals surface area contributed by atoms with Crippen molar-refractivity contribution < 1.29 is 23.5 Å². The van der Waals surface area contributed by atoms with E-state index in [4.69, 9.17) is 0 Å². The zero-order chi connectivity index (χ0) is 15.9. The van der Waals surface area contributed by atoms with Gasteiger partial charge in [-0.25, -0.2) is 8.78 Å². The molecule has 1 aromatic carbocycles. The molecule has 2 aliphatic rings. The Hall–Kier alpha value is -1.98. The fourth-order valence-corrected chi connectivity index (χ4v) is 3.77. The number of nitrogens with zero attached hydrogens (tertiary/aromatic N) is 1. The third-order valence-electron chi connectivity index (χ3n) is 5.01. The van der Waals surface area contributed by atoms with Gasteiger partial charge in [-0.15, -0.1) is 0 Å². The lowest BCUT2D eigenvalue weighted by molar-refractivity contribution is -0.149. The predicted octanol–water partition coefficient (Wildman–Crippen LogP) is 2.22. The first-order valence-electron chi connectivity index (χ1n) is 7.37. The van der Waals surface area contributed by atoms with Gasteiger partial charge >= 0.3 is 5.97 Å². The molecule has 0 bridgehead atoms. The molecule has 0 radical (unpaired) electrons. The number of hydrogen-bond acceptors (Lipinski definition) is 2. The van der Waals surface area contributed by atoms with E-state index in [0.717, 1.165) is 25.0 Å². The maximum Gasteiger partial charge on any atom is 0.311 e. The molecule has 1 aliphatic carbocycles. The van der Waals surface area contributed by atoms with E-state index in [2.05, 4.69) is 0 Å². The van der Waals surface area contributed by atoms with E-state index in [1.165, 1.54) is 11.0 Å². The van der Waals surface area contributed by atoms with Crippen molar-refractivity contribution >= 4 is 11.9 Å². The molecule has 0 aromatic heterocycles. The van der Waals surface area contributed by atoms with Gasteiger partial charge in [0.1, 0.15) is 11.6 Å². The number of hydrogen-bond donors (Lipinski definition) is 1. The summed E-state index contributed by atoms with van der Waals surface area (Å²) in [6, 6.07) is 3.12. The fourth-order valence-electron chi connectivity index (χ4n) is 3.77. The van der Waals surface area contributed by atoms with Crippen LogP contribution in [0.2, 0.25) is 0 Å². The van der Waals surface area contributed by atoms with Crippen LogP contribution in [0, 0.1) is 23.0 Å². The second-order valence-corrected chi connectivity index (χ2v) is 6.24. The van der Waals surface area contributed by atoms with Crippen molar-refractivity contribution in [3.63, 3.8) is 0 Å². The molecule has 2 fully saturated rings. The van der Waals surface area contributed by atoms with Crippen molar-refractivity contribution in [2.24, 2.45) is 11.3 Å². The Morgan fingerprint density at radius 2 is 2.14 bits per heavy atom. The molecule has 4 nitrogen and oxygen atoms in total. The van der Waals surface area contributed by atoms with Crippen LogP contribution in [0.25, 0.3) is 0 Å². The van der Waals surface area contributed by atoms with Gasteiger partial charge in [-0.3, -0.25) is 9.59 Å². The van der Waals surface area contributed by atoms with Gasteiger partial charge in [0, 0.05) is 19.2 Å². The monoisotopic (exact) mass is 309 g/mol. The minimum absolute atomic E-state index is 0.0213. The first-order valence-corrected chi connectivity index (χ1v) is 7.37. The summed E-state index contributed by atoms with van der Waals surface area (Å²) in [6.07, 6.45) is 2.09. The molecule has 1 amide bonds. The Morgan fingerprint density at radius 3 is 2.77 bits per heavy atom. The number of amides is 1. The number of rotatable bonds is 3. The molecule has 6 heteroatoms. The minimum Gasteiger partial charge on any atom is -0.481 e. The van der Waals surface area contributed by atoms with Gasteiger partial charge in [0.05, 0.1) is 11.8 Å². The highest BCUT2D eigenvalue weighted by Gasteiger charge is 2.55. The molecule has 2 atom stereocenters. The zero-order valence-electron chi connectivity index (χ0n) is 12.0. The maximum absolute atomic E-state index is 13.6. The Labute approximate surface area is 126 Å². The number of carbonyl (C=O) groups is 2. The number of carbonyl (C=O) groups excluding carboxylic acids is 1. The maximum atomic E-state index is 13.6. The van der Waals surface area contributed by atoms with Crippen LogP contribution < -0.4 is 0 Å². The molecule has 3 rings (SSSR count). The molecule has 1 N–H and O–H groups in total. The lowest BCUT2D eigenvalue weighted by Crippen LogP contribution is -2.37. The summed E-state index contributed by atoms with van der Waals surface area (Å²) in [4.78, 5) is 25.4. The van der Waals surface area contributed by atoms with E-state index in [9.17, 15) is 23.5 Å². The number of likely N-dealkylation sites (tertiary alicyclic amines) is 1. The molecular formula is C16H17F2NO3. The van der Waals surface area contributed by atoms with Crippen LogP contribution in [-0.4, -0.2) is 35.0 Å². The Balaban J connectivity index is 1.73. The molecule has 0 spiro atoms. The average Bonchev–Trinajstić information content (AvgIpc) is 2.99. The highest BCUT2D eigenvalue weighted by atomic mass is 19.1. The highest BCUT2D eigenvalue weighted by molar-refractivity contribution is 5.82. The number of benzene rings is 1. The summed E-state index contributed by atoms with van der Waals surface area (Å²) in [6.45, 7) is 0.600. The zero-order valence-corrected chi connectivity index (χ0v) is 12.0. The highest BCUT2D eigenvalue weighted by Crippen LogP contribution is 2.48. The van der Waals surface area contributed by atoms with Crippen LogP contribution >= 0.6 is 0 Å². The Morgan fingerprint density at radius 1 is 1.36 bits per heavy atom. The van der Waals surface area contributed by atoms with Gasteiger partial charge in [0.2, 0.25) is 5.91 Å². The standard InChI is InChI=1S/C16H17F2NO3/c17-12-4-3-10(13(18)7-12)6-14(20)19-8-11-2-1-5-16(11,9-19)15(21)22/h3-4,7,11H,1-2,5-6,8-9H2,(H,21,22)/t11-,16+/m0/s1. The molecule has 1 saturated carbocycles. The van der Waals surface area contributed by atoms with E-state index in [0.29, 0.717) is 13.0 Å². The Bertz CT molecular complexity index is 634. The smallest absolute Gasteiger partial charge is 0.311 e.